The molecule has 0 aromatic heterocycles. The van der Waals surface area contributed by atoms with Crippen LogP contribution in [0.2, 0.25) is 10.0 Å². The Morgan fingerprint density at radius 1 is 1.32 bits per heavy atom. The average Bonchev–Trinajstić information content (AvgIpc) is 2.87. The average molecular weight is 304 g/mol. The smallest absolute Gasteiger partial charge is 0.126 e. The van der Waals surface area contributed by atoms with E-state index in [2.05, 4.69) is 5.32 Å². The number of hydrogen-bond donors (Lipinski definition) is 1. The van der Waals surface area contributed by atoms with Crippen LogP contribution in [0.25, 0.3) is 0 Å². The maximum absolute atomic E-state index is 6.03. The second-order valence-corrected chi connectivity index (χ2v) is 5.55. The Bertz CT molecular complexity index is 388. The van der Waals surface area contributed by atoms with Gasteiger partial charge in [-0.3, -0.25) is 0 Å². The zero-order valence-corrected chi connectivity index (χ0v) is 12.5. The minimum Gasteiger partial charge on any atom is -0.488 e. The molecule has 0 aliphatic carbocycles. The lowest BCUT2D eigenvalue weighted by Crippen LogP contribution is -2.33. The third-order valence-electron chi connectivity index (χ3n) is 3.23. The van der Waals surface area contributed by atoms with Gasteiger partial charge in [-0.05, 0) is 38.1 Å². The van der Waals surface area contributed by atoms with Crippen LogP contribution in [0.3, 0.4) is 0 Å². The van der Waals surface area contributed by atoms with E-state index in [-0.39, 0.29) is 6.10 Å². The quantitative estimate of drug-likeness (QED) is 0.874. The summed E-state index contributed by atoms with van der Waals surface area (Å²) in [6.45, 7) is 5.27. The van der Waals surface area contributed by atoms with E-state index in [4.69, 9.17) is 32.7 Å². The first kappa shape index (κ1) is 14.9. The summed E-state index contributed by atoms with van der Waals surface area (Å²) < 4.78 is 11.6. The zero-order chi connectivity index (χ0) is 13.7. The highest BCUT2D eigenvalue weighted by Gasteiger charge is 2.26. The molecule has 1 fully saturated rings. The van der Waals surface area contributed by atoms with Crippen molar-refractivity contribution >= 4 is 23.2 Å². The van der Waals surface area contributed by atoms with Gasteiger partial charge in [-0.2, -0.15) is 0 Å². The maximum atomic E-state index is 6.03. The van der Waals surface area contributed by atoms with Crippen molar-refractivity contribution in [2.75, 3.05) is 26.3 Å². The van der Waals surface area contributed by atoms with Crippen molar-refractivity contribution in [2.24, 2.45) is 5.92 Å². The predicted molar refractivity (Wildman–Crippen MR) is 78.3 cm³/mol. The van der Waals surface area contributed by atoms with Gasteiger partial charge < -0.3 is 14.8 Å². The molecule has 2 rings (SSSR count). The van der Waals surface area contributed by atoms with Crippen molar-refractivity contribution in [3.63, 3.8) is 0 Å². The van der Waals surface area contributed by atoms with Crippen LogP contribution >= 0.6 is 23.2 Å². The highest BCUT2D eigenvalue weighted by Crippen LogP contribution is 2.27. The molecule has 0 saturated carbocycles. The van der Waals surface area contributed by atoms with Gasteiger partial charge in [0.1, 0.15) is 11.9 Å². The van der Waals surface area contributed by atoms with Crippen molar-refractivity contribution in [1.82, 2.24) is 5.32 Å². The van der Waals surface area contributed by atoms with Crippen LogP contribution in [-0.4, -0.2) is 32.4 Å². The van der Waals surface area contributed by atoms with Crippen LogP contribution in [0.15, 0.2) is 18.2 Å². The molecule has 0 spiro atoms. The van der Waals surface area contributed by atoms with Crippen molar-refractivity contribution in [2.45, 2.75) is 19.4 Å². The molecular weight excluding hydrogens is 285 g/mol. The molecule has 1 aliphatic rings. The Morgan fingerprint density at radius 2 is 2.05 bits per heavy atom. The highest BCUT2D eigenvalue weighted by molar-refractivity contribution is 6.34. The van der Waals surface area contributed by atoms with E-state index in [1.165, 1.54) is 0 Å². The molecule has 0 radical (unpaired) electrons. The molecule has 1 aromatic rings. The number of halogens is 2. The molecule has 1 aromatic carbocycles. The van der Waals surface area contributed by atoms with E-state index in [1.807, 2.05) is 6.92 Å². The number of hydrogen-bond acceptors (Lipinski definition) is 3. The summed E-state index contributed by atoms with van der Waals surface area (Å²) in [6.07, 6.45) is 1.14. The van der Waals surface area contributed by atoms with Crippen LogP contribution in [-0.2, 0) is 4.74 Å². The molecule has 1 aliphatic heterocycles. The van der Waals surface area contributed by atoms with Gasteiger partial charge in [0.25, 0.3) is 0 Å². The Morgan fingerprint density at radius 3 is 2.63 bits per heavy atom. The summed E-state index contributed by atoms with van der Waals surface area (Å²) in [4.78, 5) is 0. The first-order valence-electron chi connectivity index (χ1n) is 6.60. The minimum atomic E-state index is 0.0319. The van der Waals surface area contributed by atoms with Gasteiger partial charge in [0.2, 0.25) is 0 Å². The first-order chi connectivity index (χ1) is 9.19. The van der Waals surface area contributed by atoms with Gasteiger partial charge in [0.15, 0.2) is 0 Å². The number of ether oxygens (including phenoxy) is 2. The standard InChI is InChI=1S/C14H19Cl2NO2/c1-2-18-9-14(10-3-4-17-8-10)19-13-6-11(15)5-12(16)7-13/h5-7,10,14,17H,2-4,8-9H2,1H3/t10?,14-/m0/s1. The van der Waals surface area contributed by atoms with E-state index < -0.39 is 0 Å². The summed E-state index contributed by atoms with van der Waals surface area (Å²) in [6, 6.07) is 5.27. The topological polar surface area (TPSA) is 30.5 Å². The highest BCUT2D eigenvalue weighted by atomic mass is 35.5. The second-order valence-electron chi connectivity index (χ2n) is 4.67. The van der Waals surface area contributed by atoms with E-state index in [1.54, 1.807) is 18.2 Å². The largest absolute Gasteiger partial charge is 0.488 e. The second kappa shape index (κ2) is 7.34. The van der Waals surface area contributed by atoms with E-state index in [0.29, 0.717) is 34.9 Å². The van der Waals surface area contributed by atoms with Crippen LogP contribution < -0.4 is 10.1 Å². The van der Waals surface area contributed by atoms with Gasteiger partial charge in [-0.25, -0.2) is 0 Å². The van der Waals surface area contributed by atoms with Crippen molar-refractivity contribution < 1.29 is 9.47 Å². The lowest BCUT2D eigenvalue weighted by atomic mass is 10.0. The van der Waals surface area contributed by atoms with Crippen molar-refractivity contribution in [3.8, 4) is 5.75 Å². The molecule has 3 nitrogen and oxygen atoms in total. The Labute approximate surface area is 124 Å². The summed E-state index contributed by atoms with van der Waals surface area (Å²) in [5.41, 5.74) is 0. The molecule has 1 N–H and O–H groups in total. The van der Waals surface area contributed by atoms with Crippen molar-refractivity contribution in [3.05, 3.63) is 28.2 Å². The van der Waals surface area contributed by atoms with Crippen molar-refractivity contribution in [1.29, 1.82) is 0 Å². The third-order valence-corrected chi connectivity index (χ3v) is 3.67. The molecule has 0 amide bonds. The van der Waals surface area contributed by atoms with Crippen LogP contribution in [0.1, 0.15) is 13.3 Å². The molecule has 2 atom stereocenters. The third kappa shape index (κ3) is 4.53. The van der Waals surface area contributed by atoms with Crippen LogP contribution in [0, 0.1) is 5.92 Å². The predicted octanol–water partition coefficient (Wildman–Crippen LogP) is 3.39. The van der Waals surface area contributed by atoms with Crippen LogP contribution in [0.5, 0.6) is 5.75 Å². The van der Waals surface area contributed by atoms with Gasteiger partial charge in [-0.15, -0.1) is 0 Å². The monoisotopic (exact) mass is 303 g/mol. The molecule has 106 valence electrons. The lowest BCUT2D eigenvalue weighted by Gasteiger charge is -2.24. The Balaban J connectivity index is 2.05. The SMILES string of the molecule is CCOC[C@H](Oc1cc(Cl)cc(Cl)c1)C1CCNC1. The van der Waals surface area contributed by atoms with E-state index >= 15 is 0 Å². The molecule has 0 bridgehead atoms. The molecule has 1 saturated heterocycles. The molecule has 1 heterocycles. The molecular formula is C14H19Cl2NO2. The number of benzene rings is 1. The first-order valence-corrected chi connectivity index (χ1v) is 7.36. The lowest BCUT2D eigenvalue weighted by molar-refractivity contribution is 0.0291. The Kier molecular flexibility index (Phi) is 5.76. The maximum Gasteiger partial charge on any atom is 0.126 e. The van der Waals surface area contributed by atoms with Gasteiger partial charge >= 0.3 is 0 Å². The fourth-order valence-corrected chi connectivity index (χ4v) is 2.77. The zero-order valence-electron chi connectivity index (χ0n) is 11.0. The van der Waals surface area contributed by atoms with Gasteiger partial charge in [0, 0.05) is 29.1 Å². The summed E-state index contributed by atoms with van der Waals surface area (Å²) >= 11 is 12.0. The normalized spacial score (nSPS) is 20.5. The molecule has 5 heteroatoms. The molecule has 1 unspecified atom stereocenters. The summed E-state index contributed by atoms with van der Waals surface area (Å²) in [5, 5.41) is 4.52. The van der Waals surface area contributed by atoms with Gasteiger partial charge in [-0.1, -0.05) is 23.2 Å². The molecule has 19 heavy (non-hydrogen) atoms. The van der Waals surface area contributed by atoms with E-state index in [0.717, 1.165) is 19.5 Å². The summed E-state index contributed by atoms with van der Waals surface area (Å²) in [5.74, 6) is 1.17. The fourth-order valence-electron chi connectivity index (χ4n) is 2.27. The summed E-state index contributed by atoms with van der Waals surface area (Å²) in [7, 11) is 0. The van der Waals surface area contributed by atoms with Crippen LogP contribution in [0.4, 0.5) is 0 Å². The number of nitrogens with one attached hydrogen (secondary N) is 1. The number of rotatable bonds is 6. The van der Waals surface area contributed by atoms with E-state index in [9.17, 15) is 0 Å². The minimum absolute atomic E-state index is 0.0319. The van der Waals surface area contributed by atoms with Gasteiger partial charge in [0.05, 0.1) is 6.61 Å². The fraction of sp³-hybridized carbons (Fsp3) is 0.571. The Hall–Kier alpha value is -0.480.